The first kappa shape index (κ1) is 16.4. The first-order valence-corrected chi connectivity index (χ1v) is 6.57. The predicted molar refractivity (Wildman–Crippen MR) is 74.9 cm³/mol. The average molecular weight is 302 g/mol. The van der Waals surface area contributed by atoms with E-state index in [-0.39, 0.29) is 5.02 Å². The summed E-state index contributed by atoms with van der Waals surface area (Å²) in [5, 5.41) is 7.61. The third-order valence-electron chi connectivity index (χ3n) is 2.56. The van der Waals surface area contributed by atoms with E-state index in [9.17, 15) is 14.0 Å². The molecule has 0 saturated heterocycles. The molecule has 3 amide bonds. The van der Waals surface area contributed by atoms with Crippen LogP contribution in [0, 0.1) is 5.82 Å². The molecule has 0 aromatic heterocycles. The van der Waals surface area contributed by atoms with Gasteiger partial charge in [0.25, 0.3) is 0 Å². The maximum atomic E-state index is 13.0. The SMILES string of the molecule is CCNC(=O)NC(=O)C(C)NCc1ccc(F)c(Cl)c1. The van der Waals surface area contributed by atoms with E-state index in [1.807, 2.05) is 0 Å². The number of nitrogens with one attached hydrogen (secondary N) is 3. The van der Waals surface area contributed by atoms with Crippen molar-refractivity contribution in [2.75, 3.05) is 6.54 Å². The Labute approximate surface area is 121 Å². The first-order valence-electron chi connectivity index (χ1n) is 6.20. The number of halogens is 2. The van der Waals surface area contributed by atoms with Gasteiger partial charge in [-0.25, -0.2) is 9.18 Å². The zero-order valence-corrected chi connectivity index (χ0v) is 12.1. The van der Waals surface area contributed by atoms with E-state index in [1.54, 1.807) is 19.9 Å². The minimum Gasteiger partial charge on any atom is -0.338 e. The molecule has 1 atom stereocenters. The molecule has 1 aromatic carbocycles. The molecular formula is C13H17ClFN3O2. The molecule has 0 spiro atoms. The van der Waals surface area contributed by atoms with Crippen LogP contribution in [0.15, 0.2) is 18.2 Å². The Hall–Kier alpha value is -1.66. The summed E-state index contributed by atoms with van der Waals surface area (Å²) in [4.78, 5) is 22.8. The highest BCUT2D eigenvalue weighted by Gasteiger charge is 2.14. The van der Waals surface area contributed by atoms with E-state index in [0.717, 1.165) is 5.56 Å². The average Bonchev–Trinajstić information content (AvgIpc) is 2.39. The molecule has 0 aliphatic heterocycles. The third-order valence-corrected chi connectivity index (χ3v) is 2.85. The van der Waals surface area contributed by atoms with Crippen molar-refractivity contribution in [1.29, 1.82) is 0 Å². The number of benzene rings is 1. The van der Waals surface area contributed by atoms with Gasteiger partial charge in [-0.15, -0.1) is 0 Å². The lowest BCUT2D eigenvalue weighted by Gasteiger charge is -2.13. The fourth-order valence-corrected chi connectivity index (χ4v) is 1.64. The lowest BCUT2D eigenvalue weighted by Crippen LogP contribution is -2.47. The fourth-order valence-electron chi connectivity index (χ4n) is 1.44. The molecule has 0 heterocycles. The first-order chi connectivity index (χ1) is 9.43. The highest BCUT2D eigenvalue weighted by Crippen LogP contribution is 2.15. The second-order valence-electron chi connectivity index (χ2n) is 4.20. The number of hydrogen-bond donors (Lipinski definition) is 3. The molecule has 0 saturated carbocycles. The van der Waals surface area contributed by atoms with E-state index in [0.29, 0.717) is 13.1 Å². The van der Waals surface area contributed by atoms with Crippen LogP contribution in [0.3, 0.4) is 0 Å². The molecule has 5 nitrogen and oxygen atoms in total. The lowest BCUT2D eigenvalue weighted by atomic mass is 10.2. The van der Waals surface area contributed by atoms with Crippen LogP contribution in [0.1, 0.15) is 19.4 Å². The Morgan fingerprint density at radius 2 is 2.10 bits per heavy atom. The van der Waals surface area contributed by atoms with E-state index in [4.69, 9.17) is 11.6 Å². The maximum Gasteiger partial charge on any atom is 0.321 e. The lowest BCUT2D eigenvalue weighted by molar-refractivity contribution is -0.121. The molecule has 7 heteroatoms. The monoisotopic (exact) mass is 301 g/mol. The summed E-state index contributed by atoms with van der Waals surface area (Å²) in [6.07, 6.45) is 0. The maximum absolute atomic E-state index is 13.0. The van der Waals surface area contributed by atoms with Gasteiger partial charge in [-0.05, 0) is 31.5 Å². The number of imide groups is 1. The van der Waals surface area contributed by atoms with Gasteiger partial charge in [0.05, 0.1) is 11.1 Å². The van der Waals surface area contributed by atoms with Crippen LogP contribution >= 0.6 is 11.6 Å². The van der Waals surface area contributed by atoms with Crippen molar-refractivity contribution in [3.8, 4) is 0 Å². The molecule has 1 rings (SSSR count). The van der Waals surface area contributed by atoms with Gasteiger partial charge in [-0.1, -0.05) is 17.7 Å². The molecule has 20 heavy (non-hydrogen) atoms. The smallest absolute Gasteiger partial charge is 0.321 e. The van der Waals surface area contributed by atoms with Crippen LogP contribution < -0.4 is 16.0 Å². The second kappa shape index (κ2) is 7.81. The second-order valence-corrected chi connectivity index (χ2v) is 4.61. The van der Waals surface area contributed by atoms with Gasteiger partial charge in [0.2, 0.25) is 5.91 Å². The van der Waals surface area contributed by atoms with E-state index >= 15 is 0 Å². The van der Waals surface area contributed by atoms with Crippen molar-refractivity contribution in [2.45, 2.75) is 26.4 Å². The topological polar surface area (TPSA) is 70.2 Å². The summed E-state index contributed by atoms with van der Waals surface area (Å²) in [6.45, 7) is 4.16. The molecule has 0 aliphatic carbocycles. The van der Waals surface area contributed by atoms with Crippen molar-refractivity contribution in [3.63, 3.8) is 0 Å². The Bertz CT molecular complexity index is 497. The van der Waals surface area contributed by atoms with Crippen LogP contribution in [-0.4, -0.2) is 24.5 Å². The van der Waals surface area contributed by atoms with Crippen molar-refractivity contribution in [3.05, 3.63) is 34.6 Å². The van der Waals surface area contributed by atoms with Gasteiger partial charge in [0, 0.05) is 13.1 Å². The standard InChI is InChI=1S/C13H17ClFN3O2/c1-3-16-13(20)18-12(19)8(2)17-7-9-4-5-11(15)10(14)6-9/h4-6,8,17H,3,7H2,1-2H3,(H2,16,18,19,20). The number of rotatable bonds is 5. The Kier molecular flexibility index (Phi) is 6.41. The van der Waals surface area contributed by atoms with Gasteiger partial charge in [0.15, 0.2) is 0 Å². The summed E-state index contributed by atoms with van der Waals surface area (Å²) in [7, 11) is 0. The van der Waals surface area contributed by atoms with Gasteiger partial charge in [-0.3, -0.25) is 10.1 Å². The molecular weight excluding hydrogens is 285 g/mol. The number of amides is 3. The highest BCUT2D eigenvalue weighted by atomic mass is 35.5. The van der Waals surface area contributed by atoms with Crippen LogP contribution in [0.2, 0.25) is 5.02 Å². The van der Waals surface area contributed by atoms with E-state index in [1.165, 1.54) is 12.1 Å². The minimum atomic E-state index is -0.568. The van der Waals surface area contributed by atoms with E-state index < -0.39 is 23.8 Å². The quantitative estimate of drug-likeness (QED) is 0.777. The zero-order valence-electron chi connectivity index (χ0n) is 11.3. The normalized spacial score (nSPS) is 11.8. The van der Waals surface area contributed by atoms with E-state index in [2.05, 4.69) is 16.0 Å². The van der Waals surface area contributed by atoms with Crippen LogP contribution in [0.5, 0.6) is 0 Å². The molecule has 0 radical (unpaired) electrons. The fraction of sp³-hybridized carbons (Fsp3) is 0.385. The Morgan fingerprint density at radius 1 is 1.40 bits per heavy atom. The van der Waals surface area contributed by atoms with Crippen molar-refractivity contribution >= 4 is 23.5 Å². The third kappa shape index (κ3) is 5.14. The largest absolute Gasteiger partial charge is 0.338 e. The van der Waals surface area contributed by atoms with Gasteiger partial charge < -0.3 is 10.6 Å². The Balaban J connectivity index is 2.45. The van der Waals surface area contributed by atoms with Crippen molar-refractivity contribution in [1.82, 2.24) is 16.0 Å². The van der Waals surface area contributed by atoms with Crippen molar-refractivity contribution < 1.29 is 14.0 Å². The van der Waals surface area contributed by atoms with Crippen molar-refractivity contribution in [2.24, 2.45) is 0 Å². The number of hydrogen-bond acceptors (Lipinski definition) is 3. The van der Waals surface area contributed by atoms with Crippen LogP contribution in [-0.2, 0) is 11.3 Å². The summed E-state index contributed by atoms with van der Waals surface area (Å²) >= 11 is 5.66. The van der Waals surface area contributed by atoms with Crippen LogP contribution in [0.4, 0.5) is 9.18 Å². The molecule has 0 aliphatic rings. The Morgan fingerprint density at radius 3 is 2.70 bits per heavy atom. The van der Waals surface area contributed by atoms with Gasteiger partial charge in [-0.2, -0.15) is 0 Å². The predicted octanol–water partition coefficient (Wildman–Crippen LogP) is 1.80. The molecule has 1 aromatic rings. The summed E-state index contributed by atoms with van der Waals surface area (Å²) in [5.41, 5.74) is 0.744. The number of carbonyl (C=O) groups is 2. The van der Waals surface area contributed by atoms with Crippen LogP contribution in [0.25, 0.3) is 0 Å². The molecule has 3 N–H and O–H groups in total. The summed E-state index contributed by atoms with van der Waals surface area (Å²) in [6, 6.07) is 3.22. The minimum absolute atomic E-state index is 0.0312. The number of urea groups is 1. The molecule has 110 valence electrons. The number of carbonyl (C=O) groups excluding carboxylic acids is 2. The van der Waals surface area contributed by atoms with Gasteiger partial charge in [0.1, 0.15) is 5.82 Å². The summed E-state index contributed by atoms with van der Waals surface area (Å²) < 4.78 is 13.0. The molecule has 0 fully saturated rings. The highest BCUT2D eigenvalue weighted by molar-refractivity contribution is 6.30. The molecule has 0 bridgehead atoms. The summed E-state index contributed by atoms with van der Waals surface area (Å²) in [5.74, 6) is -0.929. The molecule has 1 unspecified atom stereocenters. The van der Waals surface area contributed by atoms with Gasteiger partial charge >= 0.3 is 6.03 Å². The zero-order chi connectivity index (χ0) is 15.1.